The summed E-state index contributed by atoms with van der Waals surface area (Å²) in [6, 6.07) is 5.63. The highest BCUT2D eigenvalue weighted by Gasteiger charge is 2.10. The van der Waals surface area contributed by atoms with Crippen LogP contribution in [0.1, 0.15) is 12.0 Å². The molecule has 1 N–H and O–H groups in total. The summed E-state index contributed by atoms with van der Waals surface area (Å²) >= 11 is 0. The highest BCUT2D eigenvalue weighted by Crippen LogP contribution is 2.30. The Morgan fingerprint density at radius 3 is 3.00 bits per heavy atom. The number of imidazole rings is 1. The molecular weight excluding hydrogens is 294 g/mol. The summed E-state index contributed by atoms with van der Waals surface area (Å²) in [5.74, 6) is 1.36. The van der Waals surface area contributed by atoms with Crippen LogP contribution in [-0.4, -0.2) is 35.2 Å². The number of carbonyl (C=O) groups is 1. The van der Waals surface area contributed by atoms with Crippen LogP contribution in [0, 0.1) is 0 Å². The van der Waals surface area contributed by atoms with Crippen LogP contribution in [0.15, 0.2) is 43.0 Å². The minimum Gasteiger partial charge on any atom is -0.486 e. The lowest BCUT2D eigenvalue weighted by atomic mass is 10.2. The molecule has 0 unspecified atom stereocenters. The first kappa shape index (κ1) is 15.1. The van der Waals surface area contributed by atoms with E-state index in [1.54, 1.807) is 18.6 Å². The van der Waals surface area contributed by atoms with Crippen molar-refractivity contribution in [1.29, 1.82) is 0 Å². The van der Waals surface area contributed by atoms with E-state index in [0.29, 0.717) is 19.8 Å². The first-order valence-corrected chi connectivity index (χ1v) is 7.62. The topological polar surface area (TPSA) is 65.4 Å². The van der Waals surface area contributed by atoms with E-state index in [2.05, 4.69) is 10.3 Å². The van der Waals surface area contributed by atoms with Crippen LogP contribution in [0.2, 0.25) is 0 Å². The van der Waals surface area contributed by atoms with Crippen LogP contribution in [0.5, 0.6) is 11.5 Å². The molecule has 120 valence electrons. The Bertz CT molecular complexity index is 680. The van der Waals surface area contributed by atoms with Crippen molar-refractivity contribution < 1.29 is 14.3 Å². The number of hydrogen-bond donors (Lipinski definition) is 1. The minimum absolute atomic E-state index is 0.106. The van der Waals surface area contributed by atoms with E-state index in [1.807, 2.05) is 29.0 Å². The maximum atomic E-state index is 11.8. The Labute approximate surface area is 134 Å². The molecule has 3 rings (SSSR count). The monoisotopic (exact) mass is 313 g/mol. The number of amides is 1. The number of aryl methyl sites for hydroxylation is 1. The summed E-state index contributed by atoms with van der Waals surface area (Å²) in [4.78, 5) is 15.8. The van der Waals surface area contributed by atoms with Gasteiger partial charge in [-0.15, -0.1) is 0 Å². The number of aromatic nitrogens is 2. The van der Waals surface area contributed by atoms with Gasteiger partial charge in [0.25, 0.3) is 0 Å². The molecule has 23 heavy (non-hydrogen) atoms. The van der Waals surface area contributed by atoms with Gasteiger partial charge >= 0.3 is 0 Å². The zero-order valence-electron chi connectivity index (χ0n) is 12.8. The molecule has 1 aromatic heterocycles. The van der Waals surface area contributed by atoms with Crippen LogP contribution >= 0.6 is 0 Å². The van der Waals surface area contributed by atoms with E-state index in [9.17, 15) is 4.79 Å². The van der Waals surface area contributed by atoms with Gasteiger partial charge in [0, 0.05) is 31.6 Å². The lowest BCUT2D eigenvalue weighted by molar-refractivity contribution is -0.116. The molecule has 1 amide bonds. The average molecular weight is 313 g/mol. The van der Waals surface area contributed by atoms with Gasteiger partial charge in [0.05, 0.1) is 6.33 Å². The summed E-state index contributed by atoms with van der Waals surface area (Å²) in [6.07, 6.45) is 9.58. The highest BCUT2D eigenvalue weighted by atomic mass is 16.6. The molecule has 0 aliphatic carbocycles. The fourth-order valence-electron chi connectivity index (χ4n) is 2.29. The first-order valence-electron chi connectivity index (χ1n) is 7.62. The molecule has 6 nitrogen and oxygen atoms in total. The van der Waals surface area contributed by atoms with Crippen LogP contribution in [0.25, 0.3) is 6.08 Å². The predicted molar refractivity (Wildman–Crippen MR) is 86.3 cm³/mol. The number of carbonyl (C=O) groups excluding carboxylic acids is 1. The molecule has 0 spiro atoms. The number of hydrogen-bond acceptors (Lipinski definition) is 4. The fourth-order valence-corrected chi connectivity index (χ4v) is 2.29. The van der Waals surface area contributed by atoms with Gasteiger partial charge in [0.2, 0.25) is 5.91 Å². The molecule has 0 saturated heterocycles. The zero-order chi connectivity index (χ0) is 15.9. The van der Waals surface area contributed by atoms with Crippen LogP contribution < -0.4 is 14.8 Å². The lowest BCUT2D eigenvalue weighted by Crippen LogP contribution is -2.22. The van der Waals surface area contributed by atoms with Gasteiger partial charge in [-0.05, 0) is 30.2 Å². The number of benzene rings is 1. The number of fused-ring (bicyclic) bond motifs is 1. The van der Waals surface area contributed by atoms with Gasteiger partial charge in [0.1, 0.15) is 13.2 Å². The largest absolute Gasteiger partial charge is 0.486 e. The quantitative estimate of drug-likeness (QED) is 0.653. The van der Waals surface area contributed by atoms with Crippen LogP contribution in [0.4, 0.5) is 0 Å². The Hall–Kier alpha value is -2.76. The van der Waals surface area contributed by atoms with E-state index < -0.39 is 0 Å². The van der Waals surface area contributed by atoms with Crippen LogP contribution in [0.3, 0.4) is 0 Å². The average Bonchev–Trinajstić information content (AvgIpc) is 3.10. The van der Waals surface area contributed by atoms with Crippen LogP contribution in [-0.2, 0) is 11.3 Å². The molecule has 1 aliphatic rings. The molecule has 1 aromatic carbocycles. The Kier molecular flexibility index (Phi) is 4.93. The standard InChI is InChI=1S/C17H19N3O3/c21-17(19-6-1-8-20-9-7-18-13-20)5-3-14-2-4-15-16(12-14)23-11-10-22-15/h2-5,7,9,12-13H,1,6,8,10-11H2,(H,19,21)/b5-3+. The maximum absolute atomic E-state index is 11.8. The second-order valence-corrected chi connectivity index (χ2v) is 5.18. The highest BCUT2D eigenvalue weighted by molar-refractivity contribution is 5.91. The number of nitrogens with zero attached hydrogens (tertiary/aromatic N) is 2. The fraction of sp³-hybridized carbons (Fsp3) is 0.294. The Morgan fingerprint density at radius 2 is 2.17 bits per heavy atom. The van der Waals surface area contributed by atoms with E-state index in [0.717, 1.165) is 30.0 Å². The molecular formula is C17H19N3O3. The summed E-state index contributed by atoms with van der Waals surface area (Å²) in [5, 5.41) is 2.86. The Morgan fingerprint density at radius 1 is 1.30 bits per heavy atom. The van der Waals surface area contributed by atoms with Crippen molar-refractivity contribution in [3.05, 3.63) is 48.6 Å². The molecule has 2 heterocycles. The molecule has 0 bridgehead atoms. The third-order valence-electron chi connectivity index (χ3n) is 3.44. The molecule has 0 atom stereocenters. The van der Waals surface area contributed by atoms with Gasteiger partial charge in [-0.2, -0.15) is 0 Å². The molecule has 6 heteroatoms. The summed E-state index contributed by atoms with van der Waals surface area (Å²) in [5.41, 5.74) is 0.905. The molecule has 1 aliphatic heterocycles. The lowest BCUT2D eigenvalue weighted by Gasteiger charge is -2.18. The van der Waals surface area contributed by atoms with Crippen molar-refractivity contribution in [3.63, 3.8) is 0 Å². The predicted octanol–water partition coefficient (Wildman–Crippen LogP) is 1.87. The van der Waals surface area contributed by atoms with Crippen molar-refractivity contribution >= 4 is 12.0 Å². The van der Waals surface area contributed by atoms with Gasteiger partial charge in [-0.1, -0.05) is 6.07 Å². The maximum Gasteiger partial charge on any atom is 0.244 e. The normalized spacial score (nSPS) is 13.2. The second-order valence-electron chi connectivity index (χ2n) is 5.18. The molecule has 2 aromatic rings. The van der Waals surface area contributed by atoms with Crippen molar-refractivity contribution in [2.24, 2.45) is 0 Å². The SMILES string of the molecule is O=C(/C=C/c1ccc2c(c1)OCCO2)NCCCn1ccnc1. The summed E-state index contributed by atoms with van der Waals surface area (Å²) < 4.78 is 13.0. The number of rotatable bonds is 6. The Balaban J connectivity index is 1.44. The number of ether oxygens (including phenoxy) is 2. The van der Waals surface area contributed by atoms with E-state index in [1.165, 1.54) is 6.08 Å². The van der Waals surface area contributed by atoms with E-state index in [4.69, 9.17) is 9.47 Å². The van der Waals surface area contributed by atoms with Gasteiger partial charge < -0.3 is 19.4 Å². The van der Waals surface area contributed by atoms with E-state index >= 15 is 0 Å². The third kappa shape index (κ3) is 4.35. The number of nitrogens with one attached hydrogen (secondary N) is 1. The minimum atomic E-state index is -0.106. The smallest absolute Gasteiger partial charge is 0.244 e. The van der Waals surface area contributed by atoms with Crippen molar-refractivity contribution in [1.82, 2.24) is 14.9 Å². The van der Waals surface area contributed by atoms with Gasteiger partial charge in [-0.25, -0.2) is 4.98 Å². The third-order valence-corrected chi connectivity index (χ3v) is 3.44. The van der Waals surface area contributed by atoms with E-state index in [-0.39, 0.29) is 5.91 Å². The first-order chi connectivity index (χ1) is 11.3. The summed E-state index contributed by atoms with van der Waals surface area (Å²) in [7, 11) is 0. The van der Waals surface area contributed by atoms with Crippen molar-refractivity contribution in [2.75, 3.05) is 19.8 Å². The van der Waals surface area contributed by atoms with Gasteiger partial charge in [0.15, 0.2) is 11.5 Å². The molecule has 0 saturated carbocycles. The zero-order valence-corrected chi connectivity index (χ0v) is 12.8. The summed E-state index contributed by atoms with van der Waals surface area (Å²) in [6.45, 7) is 2.59. The molecule has 0 fully saturated rings. The van der Waals surface area contributed by atoms with Crippen molar-refractivity contribution in [2.45, 2.75) is 13.0 Å². The second kappa shape index (κ2) is 7.49. The van der Waals surface area contributed by atoms with Crippen molar-refractivity contribution in [3.8, 4) is 11.5 Å². The molecule has 0 radical (unpaired) electrons. The van der Waals surface area contributed by atoms with Gasteiger partial charge in [-0.3, -0.25) is 4.79 Å².